The van der Waals surface area contributed by atoms with Crippen LogP contribution in [0.2, 0.25) is 0 Å². The van der Waals surface area contributed by atoms with Gasteiger partial charge in [0.05, 0.1) is 0 Å². The molecule has 1 saturated heterocycles. The molecule has 1 amide bonds. The van der Waals surface area contributed by atoms with Gasteiger partial charge in [0, 0.05) is 19.6 Å². The maximum absolute atomic E-state index is 12.0. The summed E-state index contributed by atoms with van der Waals surface area (Å²) in [6.45, 7) is 10.2. The molecule has 6 heteroatoms. The molecule has 1 heterocycles. The van der Waals surface area contributed by atoms with E-state index in [2.05, 4.69) is 32.8 Å². The average molecular weight is 374 g/mol. The minimum absolute atomic E-state index is 0.0708. The van der Waals surface area contributed by atoms with Crippen LogP contribution in [0.1, 0.15) is 38.7 Å². The van der Waals surface area contributed by atoms with Crippen molar-refractivity contribution in [3.63, 3.8) is 0 Å². The third-order valence-electron chi connectivity index (χ3n) is 4.88. The molecule has 0 atom stereocenters. The molecule has 150 valence electrons. The molecule has 1 aromatic carbocycles. The van der Waals surface area contributed by atoms with E-state index in [4.69, 9.17) is 0 Å². The Bertz CT molecular complexity index is 567. The Morgan fingerprint density at radius 2 is 1.89 bits per heavy atom. The number of nitrogens with one attached hydrogen (secondary N) is 3. The van der Waals surface area contributed by atoms with E-state index in [1.165, 1.54) is 25.9 Å². The molecule has 3 N–H and O–H groups in total. The zero-order valence-electron chi connectivity index (χ0n) is 16.8. The molecule has 0 radical (unpaired) electrons. The van der Waals surface area contributed by atoms with Crippen LogP contribution in [-0.4, -0.2) is 56.0 Å². The maximum atomic E-state index is 12.0. The van der Waals surface area contributed by atoms with Gasteiger partial charge in [-0.2, -0.15) is 0 Å². The van der Waals surface area contributed by atoms with Crippen molar-refractivity contribution in [1.29, 1.82) is 0 Å². The number of likely N-dealkylation sites (tertiary alicyclic amines) is 1. The minimum Gasteiger partial charge on any atom is -0.357 e. The van der Waals surface area contributed by atoms with Gasteiger partial charge in [0.2, 0.25) is 5.91 Å². The highest BCUT2D eigenvalue weighted by atomic mass is 16.1. The first-order valence-electron chi connectivity index (χ1n) is 10.2. The van der Waals surface area contributed by atoms with Gasteiger partial charge in [-0.25, -0.2) is 4.99 Å². The number of piperidine rings is 1. The average Bonchev–Trinajstić information content (AvgIpc) is 2.69. The Morgan fingerprint density at radius 1 is 1.15 bits per heavy atom. The molecule has 0 saturated carbocycles. The summed E-state index contributed by atoms with van der Waals surface area (Å²) in [4.78, 5) is 18.9. The van der Waals surface area contributed by atoms with Crippen LogP contribution >= 0.6 is 0 Å². The number of hydrogen-bond donors (Lipinski definition) is 3. The lowest BCUT2D eigenvalue weighted by Gasteiger charge is -2.30. The van der Waals surface area contributed by atoms with Gasteiger partial charge in [-0.15, -0.1) is 0 Å². The molecule has 1 aliphatic heterocycles. The van der Waals surface area contributed by atoms with Crippen LogP contribution in [0.5, 0.6) is 0 Å². The van der Waals surface area contributed by atoms with Gasteiger partial charge in [0.1, 0.15) is 6.54 Å². The summed E-state index contributed by atoms with van der Waals surface area (Å²) in [5.41, 5.74) is 1.09. The Labute approximate surface area is 163 Å². The normalized spacial score (nSPS) is 16.1. The van der Waals surface area contributed by atoms with Gasteiger partial charge in [-0.1, -0.05) is 37.3 Å². The van der Waals surface area contributed by atoms with E-state index in [-0.39, 0.29) is 12.5 Å². The molecule has 1 fully saturated rings. The summed E-state index contributed by atoms with van der Waals surface area (Å²) < 4.78 is 0. The molecule has 0 aliphatic carbocycles. The summed E-state index contributed by atoms with van der Waals surface area (Å²) >= 11 is 0. The second-order valence-electron chi connectivity index (χ2n) is 7.26. The topological polar surface area (TPSA) is 68.8 Å². The van der Waals surface area contributed by atoms with Crippen LogP contribution < -0.4 is 16.0 Å². The Hall–Kier alpha value is -2.08. The van der Waals surface area contributed by atoms with Gasteiger partial charge in [0.25, 0.3) is 0 Å². The lowest BCUT2D eigenvalue weighted by atomic mass is 9.99. The summed E-state index contributed by atoms with van der Waals surface area (Å²) in [7, 11) is 0. The predicted octanol–water partition coefficient (Wildman–Crippen LogP) is 1.98. The van der Waals surface area contributed by atoms with Gasteiger partial charge in [0.15, 0.2) is 5.96 Å². The van der Waals surface area contributed by atoms with Crippen molar-refractivity contribution in [2.45, 2.75) is 39.7 Å². The second kappa shape index (κ2) is 12.3. The fourth-order valence-corrected chi connectivity index (χ4v) is 3.14. The second-order valence-corrected chi connectivity index (χ2v) is 7.26. The van der Waals surface area contributed by atoms with Crippen LogP contribution in [0.25, 0.3) is 0 Å². The van der Waals surface area contributed by atoms with E-state index in [9.17, 15) is 4.79 Å². The third-order valence-corrected chi connectivity index (χ3v) is 4.88. The van der Waals surface area contributed by atoms with Gasteiger partial charge in [-0.05, 0) is 57.3 Å². The van der Waals surface area contributed by atoms with E-state index < -0.39 is 0 Å². The van der Waals surface area contributed by atoms with Gasteiger partial charge < -0.3 is 20.9 Å². The van der Waals surface area contributed by atoms with E-state index in [1.54, 1.807) is 0 Å². The fraction of sp³-hybridized carbons (Fsp3) is 0.619. The van der Waals surface area contributed by atoms with Crippen molar-refractivity contribution in [2.75, 3.05) is 39.3 Å². The Balaban J connectivity index is 1.64. The molecule has 0 bridgehead atoms. The van der Waals surface area contributed by atoms with Crippen LogP contribution in [0.15, 0.2) is 35.3 Å². The number of hydrogen-bond acceptors (Lipinski definition) is 3. The molecule has 2 rings (SSSR count). The quantitative estimate of drug-likeness (QED) is 0.352. The van der Waals surface area contributed by atoms with Gasteiger partial charge in [-0.3, -0.25) is 4.79 Å². The lowest BCUT2D eigenvalue weighted by Crippen LogP contribution is -2.40. The van der Waals surface area contributed by atoms with E-state index in [0.717, 1.165) is 37.5 Å². The van der Waals surface area contributed by atoms with Crippen molar-refractivity contribution in [3.8, 4) is 0 Å². The molecular formula is C21H35N5O. The van der Waals surface area contributed by atoms with Crippen molar-refractivity contribution in [3.05, 3.63) is 35.9 Å². The molecule has 27 heavy (non-hydrogen) atoms. The zero-order chi connectivity index (χ0) is 19.3. The number of carbonyl (C=O) groups excluding carboxylic acids is 1. The van der Waals surface area contributed by atoms with E-state index in [1.807, 2.05) is 37.3 Å². The Kier molecular flexibility index (Phi) is 9.69. The number of carbonyl (C=O) groups is 1. The largest absolute Gasteiger partial charge is 0.357 e. The van der Waals surface area contributed by atoms with Crippen LogP contribution in [0, 0.1) is 5.92 Å². The minimum atomic E-state index is -0.0708. The van der Waals surface area contributed by atoms with Crippen LogP contribution in [0.4, 0.5) is 0 Å². The fourth-order valence-electron chi connectivity index (χ4n) is 3.14. The van der Waals surface area contributed by atoms with Crippen molar-refractivity contribution in [2.24, 2.45) is 10.9 Å². The number of aliphatic imine (C=N–C) groups is 1. The predicted molar refractivity (Wildman–Crippen MR) is 112 cm³/mol. The monoisotopic (exact) mass is 373 g/mol. The van der Waals surface area contributed by atoms with Crippen LogP contribution in [0.3, 0.4) is 0 Å². The Morgan fingerprint density at radius 3 is 2.59 bits per heavy atom. The highest BCUT2D eigenvalue weighted by Crippen LogP contribution is 2.15. The summed E-state index contributed by atoms with van der Waals surface area (Å²) in [5.74, 6) is 1.51. The van der Waals surface area contributed by atoms with E-state index in [0.29, 0.717) is 12.5 Å². The summed E-state index contributed by atoms with van der Waals surface area (Å²) in [6.07, 6.45) is 3.71. The first-order valence-corrected chi connectivity index (χ1v) is 10.2. The summed E-state index contributed by atoms with van der Waals surface area (Å²) in [6, 6.07) is 9.90. The summed E-state index contributed by atoms with van der Waals surface area (Å²) in [5, 5.41) is 9.43. The number of rotatable bonds is 9. The van der Waals surface area contributed by atoms with E-state index >= 15 is 0 Å². The maximum Gasteiger partial charge on any atom is 0.242 e. The zero-order valence-corrected chi connectivity index (χ0v) is 16.8. The lowest BCUT2D eigenvalue weighted by molar-refractivity contribution is -0.119. The first-order chi connectivity index (χ1) is 13.2. The van der Waals surface area contributed by atoms with Crippen molar-refractivity contribution >= 4 is 11.9 Å². The molecule has 0 aromatic heterocycles. The molecule has 1 aliphatic rings. The van der Waals surface area contributed by atoms with Crippen molar-refractivity contribution in [1.82, 2.24) is 20.9 Å². The SMILES string of the molecule is CCNC(=NCC(=O)NCc1ccccc1)NCCCN1CCC(C)CC1. The first kappa shape index (κ1) is 21.2. The van der Waals surface area contributed by atoms with Gasteiger partial charge >= 0.3 is 0 Å². The molecule has 1 aromatic rings. The number of guanidine groups is 1. The number of amides is 1. The number of nitrogens with zero attached hydrogens (tertiary/aromatic N) is 2. The third kappa shape index (κ3) is 8.91. The highest BCUT2D eigenvalue weighted by Gasteiger charge is 2.14. The molecule has 0 spiro atoms. The molecular weight excluding hydrogens is 338 g/mol. The number of benzene rings is 1. The van der Waals surface area contributed by atoms with Crippen LogP contribution in [-0.2, 0) is 11.3 Å². The smallest absolute Gasteiger partial charge is 0.242 e. The standard InChI is InChI=1S/C21H35N5O/c1-3-22-21(23-12-7-13-26-14-10-18(2)11-15-26)25-17-20(27)24-16-19-8-5-4-6-9-19/h4-6,8-9,18H,3,7,10-17H2,1-2H3,(H,24,27)(H2,22,23,25). The highest BCUT2D eigenvalue weighted by molar-refractivity contribution is 5.84. The molecule has 0 unspecified atom stereocenters. The van der Waals surface area contributed by atoms with Crippen molar-refractivity contribution < 1.29 is 4.79 Å². The molecule has 6 nitrogen and oxygen atoms in total.